The van der Waals surface area contributed by atoms with Gasteiger partial charge in [0.25, 0.3) is 0 Å². The molecule has 82 valence electrons. The van der Waals surface area contributed by atoms with Gasteiger partial charge < -0.3 is 5.11 Å². The summed E-state index contributed by atoms with van der Waals surface area (Å²) in [5, 5.41) is 9.03. The van der Waals surface area contributed by atoms with Gasteiger partial charge >= 0.3 is 5.97 Å². The zero-order valence-corrected chi connectivity index (χ0v) is 9.20. The Balaban J connectivity index is 2.41. The quantitative estimate of drug-likeness (QED) is 0.752. The van der Waals surface area contributed by atoms with Crippen molar-refractivity contribution in [1.29, 1.82) is 0 Å². The van der Waals surface area contributed by atoms with E-state index in [-0.39, 0.29) is 6.04 Å². The molecule has 0 aromatic rings. The molecule has 0 spiro atoms. The Hall–Kier alpha value is -0.570. The molecule has 0 saturated heterocycles. The second-order valence-corrected chi connectivity index (χ2v) is 4.56. The third kappa shape index (κ3) is 3.29. The van der Waals surface area contributed by atoms with Crippen LogP contribution in [-0.2, 0) is 4.79 Å². The number of carboxylic acids is 1. The molecular weight excluding hydrogens is 178 g/mol. The predicted octanol–water partition coefficient (Wildman–Crippen LogP) is 1.97. The van der Waals surface area contributed by atoms with Crippen molar-refractivity contribution in [3.63, 3.8) is 0 Å². The van der Waals surface area contributed by atoms with Crippen LogP contribution in [0.3, 0.4) is 0 Å². The van der Waals surface area contributed by atoms with E-state index in [1.54, 1.807) is 0 Å². The minimum absolute atomic E-state index is 0.293. The van der Waals surface area contributed by atoms with Gasteiger partial charge in [0, 0.05) is 0 Å². The first-order chi connectivity index (χ1) is 6.61. The van der Waals surface area contributed by atoms with Gasteiger partial charge in [0.2, 0.25) is 0 Å². The van der Waals surface area contributed by atoms with Gasteiger partial charge in [-0.1, -0.05) is 32.1 Å². The molecule has 1 aliphatic carbocycles. The summed E-state index contributed by atoms with van der Waals surface area (Å²) in [7, 11) is 3.70. The van der Waals surface area contributed by atoms with E-state index in [0.29, 0.717) is 5.92 Å². The summed E-state index contributed by atoms with van der Waals surface area (Å²) in [5.74, 6) is -0.0483. The monoisotopic (exact) mass is 199 g/mol. The van der Waals surface area contributed by atoms with Crippen molar-refractivity contribution in [1.82, 2.24) is 4.90 Å². The van der Waals surface area contributed by atoms with Crippen molar-refractivity contribution >= 4 is 5.97 Å². The number of carboxylic acid groups (broad SMARTS) is 1. The van der Waals surface area contributed by atoms with Crippen molar-refractivity contribution in [2.45, 2.75) is 44.6 Å². The zero-order valence-electron chi connectivity index (χ0n) is 9.20. The first-order valence-corrected chi connectivity index (χ1v) is 5.50. The van der Waals surface area contributed by atoms with Crippen molar-refractivity contribution in [3.8, 4) is 0 Å². The first-order valence-electron chi connectivity index (χ1n) is 5.50. The number of aliphatic carboxylic acids is 1. The van der Waals surface area contributed by atoms with Crippen LogP contribution in [-0.4, -0.2) is 36.1 Å². The van der Waals surface area contributed by atoms with Gasteiger partial charge in [0.15, 0.2) is 0 Å². The molecule has 1 fully saturated rings. The fourth-order valence-corrected chi connectivity index (χ4v) is 2.27. The fraction of sp³-hybridized carbons (Fsp3) is 0.909. The Morgan fingerprint density at radius 2 is 1.93 bits per heavy atom. The molecule has 0 amide bonds. The van der Waals surface area contributed by atoms with E-state index in [2.05, 4.69) is 0 Å². The maximum Gasteiger partial charge on any atom is 0.320 e. The maximum absolute atomic E-state index is 11.0. The summed E-state index contributed by atoms with van der Waals surface area (Å²) < 4.78 is 0. The van der Waals surface area contributed by atoms with Gasteiger partial charge in [-0.25, -0.2) is 0 Å². The second kappa shape index (κ2) is 5.35. The van der Waals surface area contributed by atoms with Gasteiger partial charge in [-0.15, -0.1) is 0 Å². The van der Waals surface area contributed by atoms with Gasteiger partial charge in [-0.2, -0.15) is 0 Å². The molecule has 0 bridgehead atoms. The molecule has 1 rings (SSSR count). The van der Waals surface area contributed by atoms with Crippen molar-refractivity contribution < 1.29 is 9.90 Å². The highest BCUT2D eigenvalue weighted by Crippen LogP contribution is 2.28. The van der Waals surface area contributed by atoms with Crippen LogP contribution >= 0.6 is 0 Å². The molecule has 1 saturated carbocycles. The molecule has 0 radical (unpaired) electrons. The number of nitrogens with zero attached hydrogens (tertiary/aromatic N) is 1. The summed E-state index contributed by atoms with van der Waals surface area (Å²) in [5.41, 5.74) is 0. The summed E-state index contributed by atoms with van der Waals surface area (Å²) in [6, 6.07) is -0.293. The van der Waals surface area contributed by atoms with Crippen LogP contribution in [0.4, 0.5) is 0 Å². The number of rotatable bonds is 4. The molecule has 1 aliphatic rings. The zero-order chi connectivity index (χ0) is 10.6. The molecule has 1 N–H and O–H groups in total. The minimum Gasteiger partial charge on any atom is -0.480 e. The molecule has 0 aromatic carbocycles. The van der Waals surface area contributed by atoms with Crippen LogP contribution in [0.1, 0.15) is 38.5 Å². The molecule has 0 aromatic heterocycles. The van der Waals surface area contributed by atoms with Crippen molar-refractivity contribution in [2.75, 3.05) is 14.1 Å². The molecule has 0 unspecified atom stereocenters. The first kappa shape index (κ1) is 11.5. The van der Waals surface area contributed by atoms with E-state index in [9.17, 15) is 4.79 Å². The van der Waals surface area contributed by atoms with E-state index in [1.165, 1.54) is 32.1 Å². The average molecular weight is 199 g/mol. The minimum atomic E-state index is -0.680. The highest BCUT2D eigenvalue weighted by molar-refractivity contribution is 5.73. The topological polar surface area (TPSA) is 40.5 Å². The number of hydrogen-bond acceptors (Lipinski definition) is 2. The van der Waals surface area contributed by atoms with Crippen LogP contribution < -0.4 is 0 Å². The SMILES string of the molecule is CN(C)[C@@H](CC1CCCCC1)C(=O)O. The number of carbonyl (C=O) groups is 1. The predicted molar refractivity (Wildman–Crippen MR) is 56.3 cm³/mol. The number of likely N-dealkylation sites (N-methyl/N-ethyl adjacent to an activating group) is 1. The normalized spacial score (nSPS) is 21.1. The van der Waals surface area contributed by atoms with E-state index < -0.39 is 5.97 Å². The van der Waals surface area contributed by atoms with E-state index in [0.717, 1.165) is 6.42 Å². The lowest BCUT2D eigenvalue weighted by molar-refractivity contribution is -0.143. The van der Waals surface area contributed by atoms with Crippen LogP contribution in [0.15, 0.2) is 0 Å². The second-order valence-electron chi connectivity index (χ2n) is 4.56. The summed E-state index contributed by atoms with van der Waals surface area (Å²) in [6.45, 7) is 0. The molecule has 14 heavy (non-hydrogen) atoms. The molecule has 3 heteroatoms. The maximum atomic E-state index is 11.0. The molecular formula is C11H21NO2. The molecule has 0 aliphatic heterocycles. The highest BCUT2D eigenvalue weighted by Gasteiger charge is 2.25. The average Bonchev–Trinajstić information content (AvgIpc) is 2.15. The lowest BCUT2D eigenvalue weighted by atomic mass is 9.84. The molecule has 3 nitrogen and oxygen atoms in total. The van der Waals surface area contributed by atoms with Gasteiger partial charge in [0.05, 0.1) is 0 Å². The molecule has 1 atom stereocenters. The summed E-state index contributed by atoms with van der Waals surface area (Å²) >= 11 is 0. The standard InChI is InChI=1S/C11H21NO2/c1-12(2)10(11(13)14)8-9-6-4-3-5-7-9/h9-10H,3-8H2,1-2H3,(H,13,14)/t10-/m0/s1. The van der Waals surface area contributed by atoms with E-state index >= 15 is 0 Å². The Morgan fingerprint density at radius 3 is 2.36 bits per heavy atom. The Morgan fingerprint density at radius 1 is 1.36 bits per heavy atom. The summed E-state index contributed by atoms with van der Waals surface area (Å²) in [6.07, 6.45) is 7.16. The van der Waals surface area contributed by atoms with Crippen molar-refractivity contribution in [3.05, 3.63) is 0 Å². The Kier molecular flexibility index (Phi) is 4.39. The van der Waals surface area contributed by atoms with E-state index in [1.807, 2.05) is 19.0 Å². The summed E-state index contributed by atoms with van der Waals surface area (Å²) in [4.78, 5) is 12.8. The number of hydrogen-bond donors (Lipinski definition) is 1. The lowest BCUT2D eigenvalue weighted by Gasteiger charge is -2.27. The van der Waals surface area contributed by atoms with Crippen molar-refractivity contribution in [2.24, 2.45) is 5.92 Å². The fourth-order valence-electron chi connectivity index (χ4n) is 2.27. The van der Waals surface area contributed by atoms with Crippen LogP contribution in [0.2, 0.25) is 0 Å². The third-order valence-electron chi connectivity index (χ3n) is 3.19. The Labute approximate surface area is 86.1 Å². The largest absolute Gasteiger partial charge is 0.480 e. The van der Waals surface area contributed by atoms with Crippen LogP contribution in [0.25, 0.3) is 0 Å². The van der Waals surface area contributed by atoms with Gasteiger partial charge in [0.1, 0.15) is 6.04 Å². The van der Waals surface area contributed by atoms with Gasteiger partial charge in [-0.3, -0.25) is 9.69 Å². The third-order valence-corrected chi connectivity index (χ3v) is 3.19. The highest BCUT2D eigenvalue weighted by atomic mass is 16.4. The smallest absolute Gasteiger partial charge is 0.320 e. The molecule has 0 heterocycles. The van der Waals surface area contributed by atoms with Crippen LogP contribution in [0.5, 0.6) is 0 Å². The van der Waals surface area contributed by atoms with E-state index in [4.69, 9.17) is 5.11 Å². The lowest BCUT2D eigenvalue weighted by Crippen LogP contribution is -2.37. The Bertz CT molecular complexity index is 186. The van der Waals surface area contributed by atoms with Gasteiger partial charge in [-0.05, 0) is 26.4 Å². The van der Waals surface area contributed by atoms with Crippen LogP contribution in [0, 0.1) is 5.92 Å².